The van der Waals surface area contributed by atoms with Crippen molar-refractivity contribution in [1.82, 2.24) is 15.5 Å². The standard InChI is InChI=1S/C18H25FN4O3/c1-2-9-20-16(24)11-21-17(25)13-6-5-10-23(12-13)18(26)22-15-8-4-3-7-14(15)19/h3-4,7-8,13H,2,5-6,9-12H2,1H3,(H,20,24)(H,21,25)(H,22,26)/t13-/m0/s1. The molecule has 0 aliphatic carbocycles. The number of anilines is 1. The number of piperidine rings is 1. The highest BCUT2D eigenvalue weighted by molar-refractivity contribution is 5.90. The summed E-state index contributed by atoms with van der Waals surface area (Å²) in [4.78, 5) is 37.6. The van der Waals surface area contributed by atoms with Crippen LogP contribution in [-0.2, 0) is 9.59 Å². The number of benzene rings is 1. The van der Waals surface area contributed by atoms with E-state index in [2.05, 4.69) is 16.0 Å². The minimum absolute atomic E-state index is 0.0727. The predicted molar refractivity (Wildman–Crippen MR) is 96.0 cm³/mol. The number of carbonyl (C=O) groups is 3. The molecule has 1 aromatic carbocycles. The zero-order chi connectivity index (χ0) is 18.9. The molecule has 1 aliphatic heterocycles. The highest BCUT2D eigenvalue weighted by atomic mass is 19.1. The van der Waals surface area contributed by atoms with E-state index in [4.69, 9.17) is 0 Å². The van der Waals surface area contributed by atoms with Crippen LogP contribution >= 0.6 is 0 Å². The zero-order valence-electron chi connectivity index (χ0n) is 14.9. The number of hydrogen-bond acceptors (Lipinski definition) is 3. The monoisotopic (exact) mass is 364 g/mol. The van der Waals surface area contributed by atoms with Crippen molar-refractivity contribution >= 4 is 23.5 Å². The maximum atomic E-state index is 13.7. The Kier molecular flexibility index (Phi) is 7.37. The second-order valence-electron chi connectivity index (χ2n) is 6.26. The SMILES string of the molecule is CCCNC(=O)CNC(=O)[C@H]1CCCN(C(=O)Nc2ccccc2F)C1. The molecule has 0 saturated carbocycles. The molecular weight excluding hydrogens is 339 g/mol. The second-order valence-corrected chi connectivity index (χ2v) is 6.26. The number of para-hydroxylation sites is 1. The Morgan fingerprint density at radius 2 is 2.00 bits per heavy atom. The van der Waals surface area contributed by atoms with Gasteiger partial charge in [0.05, 0.1) is 18.2 Å². The Hall–Kier alpha value is -2.64. The molecular formula is C18H25FN4O3. The molecule has 26 heavy (non-hydrogen) atoms. The van der Waals surface area contributed by atoms with E-state index >= 15 is 0 Å². The van der Waals surface area contributed by atoms with Gasteiger partial charge in [-0.25, -0.2) is 9.18 Å². The molecule has 0 aromatic heterocycles. The summed E-state index contributed by atoms with van der Waals surface area (Å²) in [5, 5.41) is 7.83. The Labute approximate surface area is 152 Å². The van der Waals surface area contributed by atoms with Gasteiger partial charge in [-0.05, 0) is 31.4 Å². The molecule has 3 N–H and O–H groups in total. The van der Waals surface area contributed by atoms with Crippen molar-refractivity contribution in [3.8, 4) is 0 Å². The number of hydrogen-bond donors (Lipinski definition) is 3. The van der Waals surface area contributed by atoms with Crippen molar-refractivity contribution in [2.45, 2.75) is 26.2 Å². The summed E-state index contributed by atoms with van der Waals surface area (Å²) >= 11 is 0. The molecule has 1 aromatic rings. The average molecular weight is 364 g/mol. The van der Waals surface area contributed by atoms with Crippen LogP contribution in [0.5, 0.6) is 0 Å². The number of nitrogens with one attached hydrogen (secondary N) is 3. The van der Waals surface area contributed by atoms with Crippen LogP contribution < -0.4 is 16.0 Å². The first-order valence-electron chi connectivity index (χ1n) is 8.86. The minimum atomic E-state index is -0.509. The van der Waals surface area contributed by atoms with Crippen molar-refractivity contribution in [3.05, 3.63) is 30.1 Å². The molecule has 1 atom stereocenters. The van der Waals surface area contributed by atoms with E-state index in [-0.39, 0.29) is 36.5 Å². The lowest BCUT2D eigenvalue weighted by Crippen LogP contribution is -2.48. The summed E-state index contributed by atoms with van der Waals surface area (Å²) in [6.07, 6.45) is 2.14. The van der Waals surface area contributed by atoms with E-state index in [1.54, 1.807) is 12.1 Å². The van der Waals surface area contributed by atoms with Crippen molar-refractivity contribution < 1.29 is 18.8 Å². The number of amides is 4. The molecule has 1 fully saturated rings. The lowest BCUT2D eigenvalue weighted by Gasteiger charge is -2.32. The molecule has 0 spiro atoms. The van der Waals surface area contributed by atoms with E-state index in [1.807, 2.05) is 6.92 Å². The Balaban J connectivity index is 1.84. The van der Waals surface area contributed by atoms with Crippen LogP contribution in [0.15, 0.2) is 24.3 Å². The van der Waals surface area contributed by atoms with Gasteiger partial charge in [-0.3, -0.25) is 9.59 Å². The minimum Gasteiger partial charge on any atom is -0.355 e. The fourth-order valence-corrected chi connectivity index (χ4v) is 2.77. The maximum Gasteiger partial charge on any atom is 0.321 e. The van der Waals surface area contributed by atoms with Crippen LogP contribution in [-0.4, -0.2) is 48.9 Å². The Morgan fingerprint density at radius 1 is 1.23 bits per heavy atom. The number of rotatable bonds is 6. The summed E-state index contributed by atoms with van der Waals surface area (Å²) in [6, 6.07) is 5.49. The second kappa shape index (κ2) is 9.74. The van der Waals surface area contributed by atoms with Crippen LogP contribution in [0.4, 0.5) is 14.9 Å². The molecule has 2 rings (SSSR count). The first-order chi connectivity index (χ1) is 12.5. The van der Waals surface area contributed by atoms with E-state index in [9.17, 15) is 18.8 Å². The van der Waals surface area contributed by atoms with Gasteiger partial charge in [0.1, 0.15) is 5.82 Å². The summed E-state index contributed by atoms with van der Waals surface area (Å²) < 4.78 is 13.7. The summed E-state index contributed by atoms with van der Waals surface area (Å²) in [7, 11) is 0. The zero-order valence-corrected chi connectivity index (χ0v) is 14.9. The Bertz CT molecular complexity index is 653. The summed E-state index contributed by atoms with van der Waals surface area (Å²) in [5.74, 6) is -1.37. The fraction of sp³-hybridized carbons (Fsp3) is 0.500. The first kappa shape index (κ1) is 19.7. The van der Waals surface area contributed by atoms with Gasteiger partial charge >= 0.3 is 6.03 Å². The van der Waals surface area contributed by atoms with Crippen molar-refractivity contribution in [2.75, 3.05) is 31.5 Å². The molecule has 0 bridgehead atoms. The van der Waals surface area contributed by atoms with E-state index in [0.717, 1.165) is 6.42 Å². The highest BCUT2D eigenvalue weighted by Crippen LogP contribution is 2.19. The molecule has 7 nitrogen and oxygen atoms in total. The number of likely N-dealkylation sites (tertiary alicyclic amines) is 1. The van der Waals surface area contributed by atoms with Crippen LogP contribution in [0.3, 0.4) is 0 Å². The van der Waals surface area contributed by atoms with E-state index in [1.165, 1.54) is 17.0 Å². The molecule has 1 saturated heterocycles. The van der Waals surface area contributed by atoms with Crippen LogP contribution in [0.2, 0.25) is 0 Å². The van der Waals surface area contributed by atoms with E-state index in [0.29, 0.717) is 25.9 Å². The molecule has 142 valence electrons. The first-order valence-corrected chi connectivity index (χ1v) is 8.86. The topological polar surface area (TPSA) is 90.5 Å². The maximum absolute atomic E-state index is 13.7. The quantitative estimate of drug-likeness (QED) is 0.718. The van der Waals surface area contributed by atoms with E-state index < -0.39 is 11.8 Å². The summed E-state index contributed by atoms with van der Waals surface area (Å²) in [6.45, 7) is 3.18. The van der Waals surface area contributed by atoms with Gasteiger partial charge in [-0.2, -0.15) is 0 Å². The predicted octanol–water partition coefficient (Wildman–Crippen LogP) is 1.71. The Morgan fingerprint density at radius 3 is 2.73 bits per heavy atom. The molecule has 1 aliphatic rings. The smallest absolute Gasteiger partial charge is 0.321 e. The lowest BCUT2D eigenvalue weighted by molar-refractivity contribution is -0.129. The largest absolute Gasteiger partial charge is 0.355 e. The van der Waals surface area contributed by atoms with Crippen LogP contribution in [0, 0.1) is 11.7 Å². The molecule has 0 unspecified atom stereocenters. The molecule has 1 heterocycles. The van der Waals surface area contributed by atoms with Gasteiger partial charge in [-0.1, -0.05) is 19.1 Å². The normalized spacial score (nSPS) is 16.7. The number of carbonyl (C=O) groups excluding carboxylic acids is 3. The van der Waals surface area contributed by atoms with Gasteiger partial charge < -0.3 is 20.9 Å². The molecule has 4 amide bonds. The lowest BCUT2D eigenvalue weighted by atomic mass is 9.97. The fourth-order valence-electron chi connectivity index (χ4n) is 2.77. The number of halogens is 1. The van der Waals surface area contributed by atoms with Crippen molar-refractivity contribution in [1.29, 1.82) is 0 Å². The molecule has 0 radical (unpaired) electrons. The van der Waals surface area contributed by atoms with Gasteiger partial charge in [-0.15, -0.1) is 0 Å². The third kappa shape index (κ3) is 5.72. The van der Waals surface area contributed by atoms with Gasteiger partial charge in [0.25, 0.3) is 0 Å². The summed E-state index contributed by atoms with van der Waals surface area (Å²) in [5.41, 5.74) is 0.108. The van der Waals surface area contributed by atoms with Crippen molar-refractivity contribution in [2.24, 2.45) is 5.92 Å². The third-order valence-corrected chi connectivity index (χ3v) is 4.19. The number of nitrogens with zero attached hydrogens (tertiary/aromatic N) is 1. The number of urea groups is 1. The third-order valence-electron chi connectivity index (χ3n) is 4.19. The van der Waals surface area contributed by atoms with Crippen LogP contribution in [0.1, 0.15) is 26.2 Å². The highest BCUT2D eigenvalue weighted by Gasteiger charge is 2.28. The average Bonchev–Trinajstić information content (AvgIpc) is 2.66. The van der Waals surface area contributed by atoms with Gasteiger partial charge in [0.2, 0.25) is 11.8 Å². The van der Waals surface area contributed by atoms with Crippen LogP contribution in [0.25, 0.3) is 0 Å². The van der Waals surface area contributed by atoms with Crippen molar-refractivity contribution in [3.63, 3.8) is 0 Å². The van der Waals surface area contributed by atoms with Gasteiger partial charge in [0.15, 0.2) is 0 Å². The van der Waals surface area contributed by atoms with Gasteiger partial charge in [0, 0.05) is 19.6 Å². The molecule has 8 heteroatoms.